The third-order valence-electron chi connectivity index (χ3n) is 4.11. The van der Waals surface area contributed by atoms with E-state index in [1.807, 2.05) is 0 Å². The number of aliphatic imine (C=N–C) groups is 1. The number of carbonyl (C=O) groups excluding carboxylic acids is 1. The van der Waals surface area contributed by atoms with Crippen molar-refractivity contribution in [1.29, 1.82) is 0 Å². The molecule has 3 aromatic rings. The number of allylic oxidation sites excluding steroid dienone is 1. The van der Waals surface area contributed by atoms with Gasteiger partial charge in [0.05, 0.1) is 0 Å². The lowest BCUT2D eigenvalue weighted by Crippen LogP contribution is -2.28. The van der Waals surface area contributed by atoms with Crippen LogP contribution in [-0.2, 0) is 6.18 Å². The molecule has 2 heterocycles. The van der Waals surface area contributed by atoms with Gasteiger partial charge >= 0.3 is 6.18 Å². The Morgan fingerprint density at radius 2 is 2.03 bits per heavy atom. The molecule has 0 saturated heterocycles. The highest BCUT2D eigenvalue weighted by Crippen LogP contribution is 2.29. The van der Waals surface area contributed by atoms with Gasteiger partial charge in [0.1, 0.15) is 23.8 Å². The van der Waals surface area contributed by atoms with Gasteiger partial charge in [-0.2, -0.15) is 13.2 Å². The second-order valence-electron chi connectivity index (χ2n) is 6.18. The summed E-state index contributed by atoms with van der Waals surface area (Å²) < 4.78 is 40.4. The average molecular weight is 415 g/mol. The zero-order valence-corrected chi connectivity index (χ0v) is 15.8. The highest BCUT2D eigenvalue weighted by Gasteiger charge is 2.32. The Balaban J connectivity index is 2.00. The lowest BCUT2D eigenvalue weighted by molar-refractivity contribution is -0.594. The van der Waals surface area contributed by atoms with Crippen LogP contribution < -0.4 is 15.6 Å². The molecule has 0 spiro atoms. The minimum Gasteiger partial charge on any atom is -0.404 e. The number of hydrogen-bond donors (Lipinski definition) is 3. The van der Waals surface area contributed by atoms with E-state index in [9.17, 15) is 18.0 Å². The standard InChI is InChI=1S/C20H17F3N6O/c1-25-11-15(10-24)13-6-14(8-17(7-13)29-5-4-26-12-29)19(30)28-16-2-3-27-18(9-16)20(21,22)23/h2-12H,1H3,(H3,24,25,27,28,30)/p+1. The number of pyridine rings is 1. The SMILES string of the molecule is CN=C/C(=C\N)c1cc(C(=O)Nc2ccnc(C(F)(F)F)c2)cc(-[n+]2cc[nH]c2)c1. The summed E-state index contributed by atoms with van der Waals surface area (Å²) in [6.45, 7) is 0. The van der Waals surface area contributed by atoms with Gasteiger partial charge in [0.25, 0.3) is 5.91 Å². The number of nitrogens with one attached hydrogen (secondary N) is 2. The number of nitrogens with zero attached hydrogens (tertiary/aromatic N) is 3. The third kappa shape index (κ3) is 4.72. The van der Waals surface area contributed by atoms with E-state index in [0.717, 1.165) is 12.3 Å². The van der Waals surface area contributed by atoms with Crippen molar-refractivity contribution in [2.45, 2.75) is 6.18 Å². The number of aromatic nitrogens is 3. The number of halogens is 3. The quantitative estimate of drug-likeness (QED) is 0.441. The van der Waals surface area contributed by atoms with Gasteiger partial charge in [0, 0.05) is 42.5 Å². The molecule has 0 unspecified atom stereocenters. The molecule has 1 aromatic carbocycles. The number of amides is 1. The van der Waals surface area contributed by atoms with Crippen LogP contribution >= 0.6 is 0 Å². The summed E-state index contributed by atoms with van der Waals surface area (Å²) in [6, 6.07) is 7.06. The van der Waals surface area contributed by atoms with Crippen LogP contribution in [0.3, 0.4) is 0 Å². The van der Waals surface area contributed by atoms with Crippen LogP contribution in [0, 0.1) is 0 Å². The lowest BCUT2D eigenvalue weighted by Gasteiger charge is -2.11. The maximum Gasteiger partial charge on any atom is 0.433 e. The number of rotatable bonds is 5. The van der Waals surface area contributed by atoms with Crippen LogP contribution in [0.4, 0.5) is 18.9 Å². The number of anilines is 1. The molecule has 0 bridgehead atoms. The largest absolute Gasteiger partial charge is 0.433 e. The summed E-state index contributed by atoms with van der Waals surface area (Å²) >= 11 is 0. The van der Waals surface area contributed by atoms with Crippen LogP contribution in [0.1, 0.15) is 21.6 Å². The normalized spacial score (nSPS) is 12.3. The predicted molar refractivity (Wildman–Crippen MR) is 106 cm³/mol. The van der Waals surface area contributed by atoms with Gasteiger partial charge in [0.15, 0.2) is 0 Å². The molecule has 0 radical (unpaired) electrons. The van der Waals surface area contributed by atoms with E-state index in [-0.39, 0.29) is 11.3 Å². The van der Waals surface area contributed by atoms with Crippen LogP contribution in [0.5, 0.6) is 0 Å². The Morgan fingerprint density at radius 1 is 1.27 bits per heavy atom. The third-order valence-corrected chi connectivity index (χ3v) is 4.11. The number of alkyl halides is 3. The van der Waals surface area contributed by atoms with E-state index < -0.39 is 17.8 Å². The van der Waals surface area contributed by atoms with Crippen LogP contribution in [-0.4, -0.2) is 29.1 Å². The lowest BCUT2D eigenvalue weighted by atomic mass is 10.0. The van der Waals surface area contributed by atoms with Gasteiger partial charge < -0.3 is 11.1 Å². The van der Waals surface area contributed by atoms with Crippen molar-refractivity contribution in [3.8, 4) is 5.69 Å². The maximum atomic E-state index is 12.9. The number of nitrogens with two attached hydrogens (primary N) is 1. The van der Waals surface area contributed by atoms with Crippen molar-refractivity contribution in [1.82, 2.24) is 9.97 Å². The molecular weight excluding hydrogens is 397 g/mol. The summed E-state index contributed by atoms with van der Waals surface area (Å²) in [5.41, 5.74) is 6.64. The highest BCUT2D eigenvalue weighted by molar-refractivity contribution is 6.11. The molecule has 0 atom stereocenters. The predicted octanol–water partition coefficient (Wildman–Crippen LogP) is 2.96. The molecular formula is C20H18F3N6O+. The summed E-state index contributed by atoms with van der Waals surface area (Å²) in [7, 11) is 1.59. The van der Waals surface area contributed by atoms with Gasteiger partial charge in [0.2, 0.25) is 6.33 Å². The number of carbonyl (C=O) groups is 1. The fourth-order valence-electron chi connectivity index (χ4n) is 2.73. The van der Waals surface area contributed by atoms with Crippen molar-refractivity contribution in [3.63, 3.8) is 0 Å². The number of imidazole rings is 1. The molecule has 0 aliphatic heterocycles. The first-order chi connectivity index (χ1) is 14.3. The van der Waals surface area contributed by atoms with Crippen molar-refractivity contribution in [2.75, 3.05) is 12.4 Å². The van der Waals surface area contributed by atoms with Crippen molar-refractivity contribution in [3.05, 3.63) is 78.3 Å². The van der Waals surface area contributed by atoms with Crippen LogP contribution in [0.15, 0.2) is 66.4 Å². The number of hydrogen-bond acceptors (Lipinski definition) is 4. The zero-order chi connectivity index (χ0) is 21.7. The Bertz CT molecular complexity index is 1100. The maximum absolute atomic E-state index is 12.9. The molecule has 7 nitrogen and oxygen atoms in total. The number of aromatic amines is 1. The molecule has 0 aliphatic rings. The van der Waals surface area contributed by atoms with Gasteiger partial charge in [-0.05, 0) is 35.9 Å². The van der Waals surface area contributed by atoms with Crippen molar-refractivity contribution < 1.29 is 22.5 Å². The van der Waals surface area contributed by atoms with E-state index in [1.54, 1.807) is 54.7 Å². The summed E-state index contributed by atoms with van der Waals surface area (Å²) in [6.07, 6.45) is 4.41. The first-order valence-corrected chi connectivity index (χ1v) is 8.70. The van der Waals surface area contributed by atoms with Gasteiger partial charge in [-0.15, -0.1) is 0 Å². The molecule has 2 aromatic heterocycles. The minimum atomic E-state index is -4.61. The van der Waals surface area contributed by atoms with E-state index in [4.69, 9.17) is 5.73 Å². The summed E-state index contributed by atoms with van der Waals surface area (Å²) in [5, 5.41) is 2.48. The molecule has 10 heteroatoms. The zero-order valence-electron chi connectivity index (χ0n) is 15.8. The molecule has 3 rings (SSSR count). The molecule has 0 fully saturated rings. The van der Waals surface area contributed by atoms with Crippen LogP contribution in [0.2, 0.25) is 0 Å². The monoisotopic (exact) mass is 415 g/mol. The smallest absolute Gasteiger partial charge is 0.404 e. The average Bonchev–Trinajstić information content (AvgIpc) is 3.26. The molecule has 1 amide bonds. The fraction of sp³-hybridized carbons (Fsp3) is 0.100. The summed E-state index contributed by atoms with van der Waals surface area (Å²) in [5.74, 6) is -0.585. The van der Waals surface area contributed by atoms with Crippen molar-refractivity contribution >= 4 is 23.4 Å². The molecule has 0 aliphatic carbocycles. The van der Waals surface area contributed by atoms with Gasteiger partial charge in [-0.3, -0.25) is 14.8 Å². The van der Waals surface area contributed by atoms with Crippen LogP contribution in [0.25, 0.3) is 11.3 Å². The fourth-order valence-corrected chi connectivity index (χ4v) is 2.73. The Labute approximate surface area is 169 Å². The molecule has 0 saturated carbocycles. The second-order valence-corrected chi connectivity index (χ2v) is 6.18. The highest BCUT2D eigenvalue weighted by atomic mass is 19.4. The Hall–Kier alpha value is -3.95. The van der Waals surface area contributed by atoms with E-state index in [1.165, 1.54) is 12.3 Å². The van der Waals surface area contributed by atoms with E-state index in [2.05, 4.69) is 20.3 Å². The first kappa shape index (κ1) is 20.8. The van der Waals surface area contributed by atoms with Gasteiger partial charge in [-0.25, -0.2) is 9.55 Å². The second kappa shape index (κ2) is 8.60. The Kier molecular flexibility index (Phi) is 5.95. The topological polar surface area (TPSA) is 100 Å². The molecule has 154 valence electrons. The number of benzene rings is 1. The van der Waals surface area contributed by atoms with Crippen molar-refractivity contribution in [2.24, 2.45) is 10.7 Å². The van der Waals surface area contributed by atoms with Gasteiger partial charge in [-0.1, -0.05) is 0 Å². The van der Waals surface area contributed by atoms with E-state index >= 15 is 0 Å². The molecule has 30 heavy (non-hydrogen) atoms. The number of H-pyrrole nitrogens is 1. The molecule has 4 N–H and O–H groups in total. The first-order valence-electron chi connectivity index (χ1n) is 8.70. The minimum absolute atomic E-state index is 0.0201. The Morgan fingerprint density at radius 3 is 2.67 bits per heavy atom. The summed E-state index contributed by atoms with van der Waals surface area (Å²) in [4.78, 5) is 23.0. The van der Waals surface area contributed by atoms with E-state index in [0.29, 0.717) is 16.8 Å².